The third-order valence-corrected chi connectivity index (χ3v) is 5.82. The molecule has 1 aromatic heterocycles. The first-order valence-corrected chi connectivity index (χ1v) is 7.85. The van der Waals surface area contributed by atoms with Gasteiger partial charge in [-0.15, -0.1) is 0 Å². The Bertz CT molecular complexity index is 544. The minimum atomic E-state index is -3.21. The molecule has 0 atom stereocenters. The molecule has 0 aliphatic carbocycles. The second-order valence-corrected chi connectivity index (χ2v) is 7.78. The first-order valence-electron chi connectivity index (χ1n) is 6.34. The van der Waals surface area contributed by atoms with Gasteiger partial charge in [-0.2, -0.15) is 4.98 Å². The van der Waals surface area contributed by atoms with Gasteiger partial charge in [0.2, 0.25) is 15.9 Å². The molecule has 1 aromatic rings. The molecule has 108 valence electrons. The van der Waals surface area contributed by atoms with E-state index in [2.05, 4.69) is 10.1 Å². The average Bonchev–Trinajstić information content (AvgIpc) is 2.77. The summed E-state index contributed by atoms with van der Waals surface area (Å²) in [6, 6.07) is 0. The van der Waals surface area contributed by atoms with Crippen LogP contribution in [0.25, 0.3) is 0 Å². The van der Waals surface area contributed by atoms with E-state index in [0.717, 1.165) is 0 Å². The Balaban J connectivity index is 2.11. The molecule has 19 heavy (non-hydrogen) atoms. The van der Waals surface area contributed by atoms with Crippen molar-refractivity contribution < 1.29 is 12.9 Å². The number of nitrogens with zero attached hydrogens (tertiary/aromatic N) is 3. The highest BCUT2D eigenvalue weighted by molar-refractivity contribution is 7.89. The molecule has 1 saturated heterocycles. The molecule has 2 N–H and O–H groups in total. The molecule has 0 radical (unpaired) electrons. The summed E-state index contributed by atoms with van der Waals surface area (Å²) >= 11 is 0. The van der Waals surface area contributed by atoms with Crippen LogP contribution >= 0.6 is 0 Å². The zero-order valence-corrected chi connectivity index (χ0v) is 12.3. The van der Waals surface area contributed by atoms with Crippen LogP contribution in [0, 0.1) is 6.92 Å². The van der Waals surface area contributed by atoms with Gasteiger partial charge in [0.05, 0.1) is 10.8 Å². The smallest absolute Gasteiger partial charge is 0.223 e. The largest absolute Gasteiger partial charge is 0.340 e. The molecule has 0 aromatic carbocycles. The van der Waals surface area contributed by atoms with Crippen LogP contribution in [-0.2, 0) is 15.6 Å². The number of rotatable bonds is 3. The van der Waals surface area contributed by atoms with Crippen LogP contribution in [0.1, 0.15) is 38.4 Å². The number of aryl methyl sites for hydroxylation is 1. The highest BCUT2D eigenvalue weighted by atomic mass is 32.2. The standard InChI is InChI=1S/C11H20N4O3S/c1-8(2)19(16,17)15-6-4-11(12,5-7-15)10-13-9(3)18-14-10/h8H,4-7,12H2,1-3H3. The van der Waals surface area contributed by atoms with Crippen molar-refractivity contribution in [3.05, 3.63) is 11.7 Å². The van der Waals surface area contributed by atoms with Gasteiger partial charge in [0.15, 0.2) is 5.82 Å². The van der Waals surface area contributed by atoms with Crippen LogP contribution < -0.4 is 5.73 Å². The van der Waals surface area contributed by atoms with Gasteiger partial charge in [-0.25, -0.2) is 12.7 Å². The number of aromatic nitrogens is 2. The van der Waals surface area contributed by atoms with E-state index in [-0.39, 0.29) is 0 Å². The molecule has 1 aliphatic rings. The van der Waals surface area contributed by atoms with Crippen molar-refractivity contribution in [1.82, 2.24) is 14.4 Å². The molecule has 0 spiro atoms. The fraction of sp³-hybridized carbons (Fsp3) is 0.818. The Labute approximate surface area is 113 Å². The Morgan fingerprint density at radius 1 is 1.37 bits per heavy atom. The Hall–Kier alpha value is -0.990. The molecule has 0 bridgehead atoms. The third-order valence-electron chi connectivity index (χ3n) is 3.54. The van der Waals surface area contributed by atoms with E-state index in [1.54, 1.807) is 20.8 Å². The van der Waals surface area contributed by atoms with Crippen LogP contribution in [-0.4, -0.2) is 41.2 Å². The molecule has 2 heterocycles. The molecule has 8 heteroatoms. The van der Waals surface area contributed by atoms with Gasteiger partial charge in [-0.05, 0) is 26.7 Å². The first-order chi connectivity index (χ1) is 8.75. The number of piperidine rings is 1. The quantitative estimate of drug-likeness (QED) is 0.862. The fourth-order valence-corrected chi connectivity index (χ4v) is 3.45. The summed E-state index contributed by atoms with van der Waals surface area (Å²) < 4.78 is 30.6. The van der Waals surface area contributed by atoms with Crippen LogP contribution in [0.5, 0.6) is 0 Å². The predicted molar refractivity (Wildman–Crippen MR) is 69.8 cm³/mol. The molecule has 1 aliphatic heterocycles. The highest BCUT2D eigenvalue weighted by Gasteiger charge is 2.40. The summed E-state index contributed by atoms with van der Waals surface area (Å²) in [4.78, 5) is 4.16. The van der Waals surface area contributed by atoms with Gasteiger partial charge in [-0.3, -0.25) is 0 Å². The van der Waals surface area contributed by atoms with E-state index < -0.39 is 20.8 Å². The SMILES string of the molecule is Cc1nc(C2(N)CCN(S(=O)(=O)C(C)C)CC2)no1. The molecule has 0 amide bonds. The van der Waals surface area contributed by atoms with Crippen molar-refractivity contribution in [2.24, 2.45) is 5.73 Å². The number of hydrogen-bond donors (Lipinski definition) is 1. The van der Waals surface area contributed by atoms with Crippen molar-refractivity contribution >= 4 is 10.0 Å². The van der Waals surface area contributed by atoms with Crippen molar-refractivity contribution in [3.8, 4) is 0 Å². The van der Waals surface area contributed by atoms with Crippen LogP contribution in [0.4, 0.5) is 0 Å². The second-order valence-electron chi connectivity index (χ2n) is 5.29. The lowest BCUT2D eigenvalue weighted by atomic mass is 9.89. The monoisotopic (exact) mass is 288 g/mol. The normalized spacial score (nSPS) is 20.9. The highest BCUT2D eigenvalue weighted by Crippen LogP contribution is 2.30. The summed E-state index contributed by atoms with van der Waals surface area (Å²) in [6.07, 6.45) is 0.996. The molecule has 2 rings (SSSR count). The Morgan fingerprint density at radius 3 is 2.37 bits per heavy atom. The number of nitrogens with two attached hydrogens (primary N) is 1. The van der Waals surface area contributed by atoms with Gasteiger partial charge < -0.3 is 10.3 Å². The lowest BCUT2D eigenvalue weighted by Crippen LogP contribution is -2.51. The summed E-state index contributed by atoms with van der Waals surface area (Å²) in [5.41, 5.74) is 5.58. The lowest BCUT2D eigenvalue weighted by molar-refractivity contribution is 0.221. The van der Waals surface area contributed by atoms with Gasteiger partial charge in [0.1, 0.15) is 0 Å². The molecule has 0 unspecified atom stereocenters. The van der Waals surface area contributed by atoms with E-state index in [9.17, 15) is 8.42 Å². The van der Waals surface area contributed by atoms with Crippen molar-refractivity contribution in [2.75, 3.05) is 13.1 Å². The lowest BCUT2D eigenvalue weighted by Gasteiger charge is -2.37. The maximum absolute atomic E-state index is 12.1. The molecular weight excluding hydrogens is 268 g/mol. The van der Waals surface area contributed by atoms with Gasteiger partial charge in [0.25, 0.3) is 0 Å². The fourth-order valence-electron chi connectivity index (χ4n) is 2.16. The van der Waals surface area contributed by atoms with Gasteiger partial charge >= 0.3 is 0 Å². The summed E-state index contributed by atoms with van der Waals surface area (Å²) in [6.45, 7) is 5.86. The van der Waals surface area contributed by atoms with Crippen LogP contribution in [0.3, 0.4) is 0 Å². The van der Waals surface area contributed by atoms with E-state index >= 15 is 0 Å². The Morgan fingerprint density at radius 2 is 1.95 bits per heavy atom. The summed E-state index contributed by atoms with van der Waals surface area (Å²) in [5.74, 6) is 0.934. The van der Waals surface area contributed by atoms with Crippen LogP contribution in [0.2, 0.25) is 0 Å². The zero-order valence-electron chi connectivity index (χ0n) is 11.5. The minimum Gasteiger partial charge on any atom is -0.340 e. The average molecular weight is 288 g/mol. The third kappa shape index (κ3) is 2.65. The number of hydrogen-bond acceptors (Lipinski definition) is 6. The van der Waals surface area contributed by atoms with Crippen molar-refractivity contribution in [2.45, 2.75) is 44.4 Å². The molecule has 0 saturated carbocycles. The predicted octanol–water partition coefficient (Wildman–Crippen LogP) is 0.366. The maximum atomic E-state index is 12.1. The van der Waals surface area contributed by atoms with Gasteiger partial charge in [0, 0.05) is 20.0 Å². The number of sulfonamides is 1. The van der Waals surface area contributed by atoms with Crippen molar-refractivity contribution in [3.63, 3.8) is 0 Å². The van der Waals surface area contributed by atoms with E-state index in [1.807, 2.05) is 0 Å². The summed E-state index contributed by atoms with van der Waals surface area (Å²) in [7, 11) is -3.21. The first kappa shape index (κ1) is 14.4. The molecule has 7 nitrogen and oxygen atoms in total. The van der Waals surface area contributed by atoms with E-state index in [0.29, 0.717) is 37.6 Å². The van der Waals surface area contributed by atoms with Crippen LogP contribution in [0.15, 0.2) is 4.52 Å². The van der Waals surface area contributed by atoms with E-state index in [4.69, 9.17) is 10.3 Å². The Kier molecular flexibility index (Phi) is 3.67. The summed E-state index contributed by atoms with van der Waals surface area (Å²) in [5, 5.41) is 3.44. The second kappa shape index (κ2) is 4.84. The molecular formula is C11H20N4O3S. The van der Waals surface area contributed by atoms with Gasteiger partial charge in [-0.1, -0.05) is 5.16 Å². The maximum Gasteiger partial charge on any atom is 0.223 e. The van der Waals surface area contributed by atoms with E-state index in [1.165, 1.54) is 4.31 Å². The topological polar surface area (TPSA) is 102 Å². The molecule has 1 fully saturated rings. The zero-order chi connectivity index (χ0) is 14.3. The minimum absolute atomic E-state index is 0.393. The van der Waals surface area contributed by atoms with Crippen molar-refractivity contribution in [1.29, 1.82) is 0 Å².